The summed E-state index contributed by atoms with van der Waals surface area (Å²) < 4.78 is 0.750. The Balaban J connectivity index is 2.00. The van der Waals surface area contributed by atoms with Gasteiger partial charge in [0.15, 0.2) is 0 Å². The summed E-state index contributed by atoms with van der Waals surface area (Å²) in [5, 5.41) is 16.0. The van der Waals surface area contributed by atoms with Crippen LogP contribution in [0.1, 0.15) is 30.1 Å². The van der Waals surface area contributed by atoms with Crippen molar-refractivity contribution in [3.63, 3.8) is 0 Å². The molecular formula is C13H17IN2O2. The van der Waals surface area contributed by atoms with Gasteiger partial charge in [0.25, 0.3) is 5.91 Å². The highest BCUT2D eigenvalue weighted by molar-refractivity contribution is 14.1. The average Bonchev–Trinajstić information content (AvgIpc) is 2.32. The summed E-state index contributed by atoms with van der Waals surface area (Å²) in [6, 6.07) is 5.66. The summed E-state index contributed by atoms with van der Waals surface area (Å²) in [5.74, 6) is 0.0442. The van der Waals surface area contributed by atoms with E-state index in [4.69, 9.17) is 0 Å². The molecule has 2 unspecified atom stereocenters. The lowest BCUT2D eigenvalue weighted by Gasteiger charge is -2.28. The zero-order valence-corrected chi connectivity index (χ0v) is 12.4. The quantitative estimate of drug-likeness (QED) is 0.706. The minimum Gasteiger partial charge on any atom is -0.507 e. The van der Waals surface area contributed by atoms with Gasteiger partial charge in [-0.1, -0.05) is 0 Å². The second-order valence-corrected chi connectivity index (χ2v) is 5.88. The fraction of sp³-hybridized carbons (Fsp3) is 0.462. The summed E-state index contributed by atoms with van der Waals surface area (Å²) >= 11 is 2.03. The van der Waals surface area contributed by atoms with Gasteiger partial charge in [0, 0.05) is 17.6 Å². The van der Waals surface area contributed by atoms with Crippen LogP contribution in [0.3, 0.4) is 0 Å². The van der Waals surface area contributed by atoms with Crippen molar-refractivity contribution in [3.8, 4) is 5.75 Å². The molecule has 1 aliphatic heterocycles. The van der Waals surface area contributed by atoms with Crippen LogP contribution in [0.4, 0.5) is 0 Å². The molecule has 2 rings (SSSR count). The molecule has 98 valence electrons. The van der Waals surface area contributed by atoms with Crippen LogP contribution in [-0.4, -0.2) is 29.6 Å². The first-order valence-electron chi connectivity index (χ1n) is 6.09. The molecule has 3 N–H and O–H groups in total. The van der Waals surface area contributed by atoms with Crippen LogP contribution in [-0.2, 0) is 0 Å². The first kappa shape index (κ1) is 13.6. The number of aromatic hydroxyl groups is 1. The number of phenolic OH excluding ortho intramolecular Hbond substituents is 1. The third-order valence-corrected chi connectivity index (χ3v) is 4.08. The summed E-state index contributed by atoms with van der Waals surface area (Å²) in [6.45, 7) is 3.05. The van der Waals surface area contributed by atoms with Gasteiger partial charge in [-0.3, -0.25) is 4.79 Å². The zero-order valence-electron chi connectivity index (χ0n) is 10.2. The summed E-state index contributed by atoms with van der Waals surface area (Å²) in [7, 11) is 0. The number of benzene rings is 1. The topological polar surface area (TPSA) is 61.4 Å². The normalized spacial score (nSPS) is 23.7. The minimum absolute atomic E-state index is 0.110. The third-order valence-electron chi connectivity index (χ3n) is 3.17. The maximum Gasteiger partial charge on any atom is 0.251 e. The molecule has 1 saturated heterocycles. The van der Waals surface area contributed by atoms with Crippen LogP contribution in [0.15, 0.2) is 18.2 Å². The molecule has 0 aromatic heterocycles. The standard InChI is InChI=1S/C13H17IN2O2/c1-8-6-10(4-5-15-8)16-13(18)9-2-3-11(14)12(17)7-9/h2-3,7-8,10,15,17H,4-6H2,1H3,(H,16,18). The number of phenols is 1. The summed E-state index contributed by atoms with van der Waals surface area (Å²) in [6.07, 6.45) is 1.90. The summed E-state index contributed by atoms with van der Waals surface area (Å²) in [4.78, 5) is 12.0. The number of rotatable bonds is 2. The van der Waals surface area contributed by atoms with E-state index in [9.17, 15) is 9.90 Å². The Labute approximate surface area is 120 Å². The average molecular weight is 360 g/mol. The van der Waals surface area contributed by atoms with E-state index < -0.39 is 0 Å². The van der Waals surface area contributed by atoms with Gasteiger partial charge in [0.1, 0.15) is 5.75 Å². The molecule has 1 aromatic rings. The molecule has 2 atom stereocenters. The monoisotopic (exact) mass is 360 g/mol. The second-order valence-electron chi connectivity index (χ2n) is 4.72. The van der Waals surface area contributed by atoms with Crippen LogP contribution in [0.5, 0.6) is 5.75 Å². The van der Waals surface area contributed by atoms with E-state index >= 15 is 0 Å². The van der Waals surface area contributed by atoms with E-state index in [0.717, 1.165) is 23.0 Å². The Morgan fingerprint density at radius 3 is 3.00 bits per heavy atom. The van der Waals surface area contributed by atoms with E-state index in [1.807, 2.05) is 22.6 Å². The second kappa shape index (κ2) is 5.88. The van der Waals surface area contributed by atoms with Crippen molar-refractivity contribution in [2.45, 2.75) is 31.8 Å². The van der Waals surface area contributed by atoms with E-state index in [1.54, 1.807) is 12.1 Å². The molecule has 1 amide bonds. The number of halogens is 1. The number of carbonyl (C=O) groups excluding carboxylic acids is 1. The Kier molecular flexibility index (Phi) is 4.45. The van der Waals surface area contributed by atoms with E-state index in [0.29, 0.717) is 11.6 Å². The van der Waals surface area contributed by atoms with Crippen molar-refractivity contribution < 1.29 is 9.90 Å². The van der Waals surface area contributed by atoms with Gasteiger partial charge >= 0.3 is 0 Å². The van der Waals surface area contributed by atoms with E-state index in [2.05, 4.69) is 17.6 Å². The van der Waals surface area contributed by atoms with Crippen molar-refractivity contribution in [2.75, 3.05) is 6.54 Å². The first-order chi connectivity index (χ1) is 8.56. The molecule has 5 heteroatoms. The third kappa shape index (κ3) is 3.35. The lowest BCUT2D eigenvalue weighted by Crippen LogP contribution is -2.46. The lowest BCUT2D eigenvalue weighted by molar-refractivity contribution is 0.0925. The minimum atomic E-state index is -0.110. The Morgan fingerprint density at radius 2 is 2.33 bits per heavy atom. The van der Waals surface area contributed by atoms with Crippen molar-refractivity contribution in [3.05, 3.63) is 27.3 Å². The zero-order chi connectivity index (χ0) is 13.1. The molecule has 1 heterocycles. The molecule has 18 heavy (non-hydrogen) atoms. The Morgan fingerprint density at radius 1 is 1.56 bits per heavy atom. The van der Waals surface area contributed by atoms with Gasteiger partial charge in [-0.05, 0) is 67.1 Å². The van der Waals surface area contributed by atoms with Crippen LogP contribution in [0.25, 0.3) is 0 Å². The largest absolute Gasteiger partial charge is 0.507 e. The van der Waals surface area contributed by atoms with E-state index in [1.165, 1.54) is 6.07 Å². The van der Waals surface area contributed by atoms with Gasteiger partial charge in [-0.2, -0.15) is 0 Å². The van der Waals surface area contributed by atoms with Crippen LogP contribution in [0.2, 0.25) is 0 Å². The fourth-order valence-corrected chi connectivity index (χ4v) is 2.52. The summed E-state index contributed by atoms with van der Waals surface area (Å²) in [5.41, 5.74) is 0.513. The molecule has 4 nitrogen and oxygen atoms in total. The van der Waals surface area contributed by atoms with Crippen LogP contribution in [0, 0.1) is 3.57 Å². The molecular weight excluding hydrogens is 343 g/mol. The van der Waals surface area contributed by atoms with Crippen molar-refractivity contribution in [1.82, 2.24) is 10.6 Å². The number of hydrogen-bond donors (Lipinski definition) is 3. The number of carbonyl (C=O) groups is 1. The number of hydrogen-bond acceptors (Lipinski definition) is 3. The molecule has 0 spiro atoms. The Hall–Kier alpha value is -0.820. The van der Waals surface area contributed by atoms with Crippen LogP contribution < -0.4 is 10.6 Å². The smallest absolute Gasteiger partial charge is 0.251 e. The highest BCUT2D eigenvalue weighted by Gasteiger charge is 2.20. The number of nitrogens with one attached hydrogen (secondary N) is 2. The maximum atomic E-state index is 12.0. The molecule has 0 bridgehead atoms. The molecule has 1 aliphatic rings. The van der Waals surface area contributed by atoms with Crippen molar-refractivity contribution in [2.24, 2.45) is 0 Å². The highest BCUT2D eigenvalue weighted by Crippen LogP contribution is 2.20. The fourth-order valence-electron chi connectivity index (χ4n) is 2.19. The number of amides is 1. The van der Waals surface area contributed by atoms with Gasteiger partial charge < -0.3 is 15.7 Å². The molecule has 1 aromatic carbocycles. The van der Waals surface area contributed by atoms with Crippen LogP contribution >= 0.6 is 22.6 Å². The van der Waals surface area contributed by atoms with Gasteiger partial charge in [-0.25, -0.2) is 0 Å². The molecule has 0 saturated carbocycles. The SMILES string of the molecule is CC1CC(NC(=O)c2ccc(I)c(O)c2)CCN1. The van der Waals surface area contributed by atoms with Gasteiger partial charge in [0.2, 0.25) is 0 Å². The maximum absolute atomic E-state index is 12.0. The molecule has 0 radical (unpaired) electrons. The first-order valence-corrected chi connectivity index (χ1v) is 7.17. The van der Waals surface area contributed by atoms with Crippen molar-refractivity contribution in [1.29, 1.82) is 0 Å². The molecule has 1 fully saturated rings. The van der Waals surface area contributed by atoms with Crippen molar-refractivity contribution >= 4 is 28.5 Å². The molecule has 0 aliphatic carbocycles. The number of piperidine rings is 1. The van der Waals surface area contributed by atoms with Gasteiger partial charge in [0.05, 0.1) is 3.57 Å². The predicted molar refractivity (Wildman–Crippen MR) is 78.8 cm³/mol. The Bertz CT molecular complexity index is 451. The van der Waals surface area contributed by atoms with E-state index in [-0.39, 0.29) is 17.7 Å². The highest BCUT2D eigenvalue weighted by atomic mass is 127. The lowest BCUT2D eigenvalue weighted by atomic mass is 10.0. The predicted octanol–water partition coefficient (Wildman–Crippen LogP) is 1.87. The van der Waals surface area contributed by atoms with Gasteiger partial charge in [-0.15, -0.1) is 0 Å².